The van der Waals surface area contributed by atoms with E-state index in [4.69, 9.17) is 5.11 Å². The van der Waals surface area contributed by atoms with E-state index in [0.717, 1.165) is 25.7 Å². The minimum absolute atomic E-state index is 0.0372. The molecule has 26 heavy (non-hydrogen) atoms. The second-order valence-corrected chi connectivity index (χ2v) is 9.55. The average molecular weight is 358 g/mol. The summed E-state index contributed by atoms with van der Waals surface area (Å²) in [7, 11) is 0. The van der Waals surface area contributed by atoms with Gasteiger partial charge >= 0.3 is 5.97 Å². The van der Waals surface area contributed by atoms with Crippen LogP contribution < -0.4 is 0 Å². The van der Waals surface area contributed by atoms with Crippen molar-refractivity contribution in [1.82, 2.24) is 0 Å². The Hall–Kier alpha value is -1.42. The first-order valence-corrected chi connectivity index (χ1v) is 10.1. The predicted molar refractivity (Wildman–Crippen MR) is 98.4 cm³/mol. The molecule has 4 rings (SSSR count). The van der Waals surface area contributed by atoms with Gasteiger partial charge in [-0.25, -0.2) is 0 Å². The second-order valence-electron chi connectivity index (χ2n) is 9.55. The molecule has 4 aliphatic carbocycles. The van der Waals surface area contributed by atoms with Gasteiger partial charge in [0.1, 0.15) is 0 Å². The van der Waals surface area contributed by atoms with E-state index in [9.17, 15) is 14.7 Å². The van der Waals surface area contributed by atoms with Crippen LogP contribution in [0.25, 0.3) is 0 Å². The quantitative estimate of drug-likeness (QED) is 0.802. The van der Waals surface area contributed by atoms with Gasteiger partial charge in [0, 0.05) is 12.8 Å². The smallest absolute Gasteiger partial charge is 0.303 e. The van der Waals surface area contributed by atoms with Gasteiger partial charge in [0.25, 0.3) is 0 Å². The lowest BCUT2D eigenvalue weighted by molar-refractivity contribution is -0.144. The number of hydrogen-bond acceptors (Lipinski definition) is 3. The van der Waals surface area contributed by atoms with Crippen LogP contribution in [-0.2, 0) is 9.59 Å². The van der Waals surface area contributed by atoms with Crippen LogP contribution in [0, 0.1) is 28.6 Å². The molecule has 142 valence electrons. The molecular formula is C22H30O4. The summed E-state index contributed by atoms with van der Waals surface area (Å²) in [5.41, 5.74) is 0.179. The van der Waals surface area contributed by atoms with E-state index in [2.05, 4.69) is 26.0 Å². The highest BCUT2D eigenvalue weighted by molar-refractivity contribution is 5.92. The van der Waals surface area contributed by atoms with Crippen LogP contribution in [-0.4, -0.2) is 27.6 Å². The number of aliphatic carboxylic acids is 1. The Morgan fingerprint density at radius 3 is 2.65 bits per heavy atom. The normalized spacial score (nSPS) is 47.0. The van der Waals surface area contributed by atoms with Crippen molar-refractivity contribution in [2.24, 2.45) is 28.6 Å². The minimum atomic E-state index is -0.867. The fourth-order valence-electron chi connectivity index (χ4n) is 6.83. The Morgan fingerprint density at radius 1 is 1.19 bits per heavy atom. The summed E-state index contributed by atoms with van der Waals surface area (Å²) in [6.45, 7) is 4.51. The van der Waals surface area contributed by atoms with Crippen molar-refractivity contribution >= 4 is 11.8 Å². The Kier molecular flexibility index (Phi) is 4.00. The maximum atomic E-state index is 11.9. The van der Waals surface area contributed by atoms with Crippen molar-refractivity contribution in [3.05, 3.63) is 23.8 Å². The van der Waals surface area contributed by atoms with Crippen molar-refractivity contribution in [3.63, 3.8) is 0 Å². The fraction of sp³-hybridized carbons (Fsp3) is 0.727. The van der Waals surface area contributed by atoms with Crippen molar-refractivity contribution in [3.8, 4) is 0 Å². The summed E-state index contributed by atoms with van der Waals surface area (Å²) in [6, 6.07) is 0. The van der Waals surface area contributed by atoms with Gasteiger partial charge < -0.3 is 10.2 Å². The standard InChI is InChI=1S/C22H30O4/c1-20-9-5-15(23)13-14(20)3-4-16-17(20)6-10-21(2)18(16)7-11-22(21,26)12-8-19(24)25/h3-4,13,16-18,26H,5-12H2,1-2H3,(H,24,25)/t16-,17+,18+,20+,21+,22+/m1/s1. The summed E-state index contributed by atoms with van der Waals surface area (Å²) < 4.78 is 0. The van der Waals surface area contributed by atoms with Gasteiger partial charge in [0.15, 0.2) is 5.78 Å². The number of carboxylic acid groups (broad SMARTS) is 1. The van der Waals surface area contributed by atoms with E-state index in [0.29, 0.717) is 37.0 Å². The third kappa shape index (κ3) is 2.37. The lowest BCUT2D eigenvalue weighted by atomic mass is 9.48. The molecule has 2 saturated carbocycles. The number of ketones is 1. The fourth-order valence-corrected chi connectivity index (χ4v) is 6.83. The highest BCUT2D eigenvalue weighted by Gasteiger charge is 2.62. The van der Waals surface area contributed by atoms with E-state index >= 15 is 0 Å². The summed E-state index contributed by atoms with van der Waals surface area (Å²) in [5.74, 6) is 0.748. The van der Waals surface area contributed by atoms with Gasteiger partial charge in [-0.15, -0.1) is 0 Å². The summed E-state index contributed by atoms with van der Waals surface area (Å²) in [6.07, 6.45) is 11.9. The number of hydrogen-bond donors (Lipinski definition) is 2. The molecule has 6 atom stereocenters. The van der Waals surface area contributed by atoms with Crippen LogP contribution in [0.15, 0.2) is 23.8 Å². The maximum Gasteiger partial charge on any atom is 0.303 e. The summed E-state index contributed by atoms with van der Waals surface area (Å²) in [4.78, 5) is 22.9. The van der Waals surface area contributed by atoms with Crippen LogP contribution in [0.3, 0.4) is 0 Å². The zero-order chi connectivity index (χ0) is 18.7. The third-order valence-electron chi connectivity index (χ3n) is 8.59. The first kappa shape index (κ1) is 18.0. The molecule has 0 spiro atoms. The average Bonchev–Trinajstić information content (AvgIpc) is 2.86. The molecule has 0 amide bonds. The molecule has 0 saturated heterocycles. The van der Waals surface area contributed by atoms with Gasteiger partial charge in [-0.2, -0.15) is 0 Å². The van der Waals surface area contributed by atoms with E-state index in [-0.39, 0.29) is 23.0 Å². The van der Waals surface area contributed by atoms with Crippen molar-refractivity contribution in [1.29, 1.82) is 0 Å². The number of aliphatic hydroxyl groups is 1. The van der Waals surface area contributed by atoms with Gasteiger partial charge in [-0.05, 0) is 78.8 Å². The number of fused-ring (bicyclic) bond motifs is 5. The van der Waals surface area contributed by atoms with Gasteiger partial charge in [-0.1, -0.05) is 26.0 Å². The van der Waals surface area contributed by atoms with Crippen LogP contribution in [0.5, 0.6) is 0 Å². The third-order valence-corrected chi connectivity index (χ3v) is 8.59. The SMILES string of the molecule is C[C@]12CCC(=O)C=C1C=C[C@@H]1[C@@H]2CC[C@@]2(C)[C@H]1CC[C@]2(O)CCC(=O)O. The minimum Gasteiger partial charge on any atom is -0.481 e. The number of carbonyl (C=O) groups is 2. The molecule has 4 heteroatoms. The molecule has 0 heterocycles. The second kappa shape index (κ2) is 5.79. The molecule has 0 aromatic heterocycles. The lowest BCUT2D eigenvalue weighted by Gasteiger charge is -2.57. The first-order valence-electron chi connectivity index (χ1n) is 10.1. The molecule has 0 aromatic carbocycles. The summed E-state index contributed by atoms with van der Waals surface area (Å²) in [5, 5.41) is 20.5. The van der Waals surface area contributed by atoms with Crippen LogP contribution in [0.2, 0.25) is 0 Å². The maximum absolute atomic E-state index is 11.9. The summed E-state index contributed by atoms with van der Waals surface area (Å²) >= 11 is 0. The van der Waals surface area contributed by atoms with E-state index < -0.39 is 11.6 Å². The van der Waals surface area contributed by atoms with Crippen molar-refractivity contribution < 1.29 is 19.8 Å². The number of allylic oxidation sites excluding steroid dienone is 4. The zero-order valence-electron chi connectivity index (χ0n) is 15.8. The number of rotatable bonds is 3. The van der Waals surface area contributed by atoms with Crippen molar-refractivity contribution in [2.45, 2.75) is 70.8 Å². The molecular weight excluding hydrogens is 328 g/mol. The largest absolute Gasteiger partial charge is 0.481 e. The van der Waals surface area contributed by atoms with E-state index in [1.165, 1.54) is 5.57 Å². The Labute approximate surface area is 155 Å². The highest BCUT2D eigenvalue weighted by atomic mass is 16.4. The Morgan fingerprint density at radius 2 is 1.92 bits per heavy atom. The monoisotopic (exact) mass is 358 g/mol. The molecule has 0 radical (unpaired) electrons. The molecule has 2 N–H and O–H groups in total. The molecule has 0 aromatic rings. The van der Waals surface area contributed by atoms with E-state index in [1.54, 1.807) is 0 Å². The van der Waals surface area contributed by atoms with Crippen LogP contribution >= 0.6 is 0 Å². The van der Waals surface area contributed by atoms with Gasteiger partial charge in [-0.3, -0.25) is 9.59 Å². The molecule has 0 aliphatic heterocycles. The van der Waals surface area contributed by atoms with Gasteiger partial charge in [0.2, 0.25) is 0 Å². The van der Waals surface area contributed by atoms with Crippen LogP contribution in [0.1, 0.15) is 65.2 Å². The number of carboxylic acids is 1. The lowest BCUT2D eigenvalue weighted by Crippen LogP contribution is -2.53. The predicted octanol–water partition coefficient (Wildman–Crippen LogP) is 3.89. The van der Waals surface area contributed by atoms with E-state index in [1.807, 2.05) is 6.08 Å². The Balaban J connectivity index is 1.66. The van der Waals surface area contributed by atoms with Crippen molar-refractivity contribution in [2.75, 3.05) is 0 Å². The molecule has 0 unspecified atom stereocenters. The Bertz CT molecular complexity index is 707. The molecule has 4 aliphatic rings. The van der Waals surface area contributed by atoms with Gasteiger partial charge in [0.05, 0.1) is 5.60 Å². The highest BCUT2D eigenvalue weighted by Crippen LogP contribution is 2.66. The first-order chi connectivity index (χ1) is 12.2. The molecule has 2 fully saturated rings. The topological polar surface area (TPSA) is 74.6 Å². The van der Waals surface area contributed by atoms with Crippen LogP contribution in [0.4, 0.5) is 0 Å². The zero-order valence-corrected chi connectivity index (χ0v) is 15.8. The molecule has 4 nitrogen and oxygen atoms in total. The molecule has 0 bridgehead atoms. The number of carbonyl (C=O) groups excluding carboxylic acids is 1.